The van der Waals surface area contributed by atoms with Crippen molar-refractivity contribution in [3.05, 3.63) is 88.9 Å². The number of carbonyl (C=O) groups excluding carboxylic acids is 1. The van der Waals surface area contributed by atoms with Gasteiger partial charge in [0.15, 0.2) is 12.3 Å². The van der Waals surface area contributed by atoms with Crippen LogP contribution in [0.4, 0.5) is 5.69 Å². The second-order valence-electron chi connectivity index (χ2n) is 11.4. The van der Waals surface area contributed by atoms with Crippen molar-refractivity contribution in [1.82, 2.24) is 4.57 Å². The topological polar surface area (TPSA) is 76.2 Å². The van der Waals surface area contributed by atoms with Gasteiger partial charge in [-0.3, -0.25) is 4.79 Å². The lowest BCUT2D eigenvalue weighted by atomic mass is 9.72. The first-order valence-corrected chi connectivity index (χ1v) is 13.0. The molecular formula is C31H34ClN3O3. The average Bonchev–Trinajstić information content (AvgIpc) is 3.12. The summed E-state index contributed by atoms with van der Waals surface area (Å²) in [6, 6.07) is 22.7. The molecule has 0 aliphatic heterocycles. The van der Waals surface area contributed by atoms with Crippen LogP contribution in [0, 0.1) is 5.41 Å². The minimum Gasteiger partial charge on any atom is -0.493 e. The number of aromatic hydroxyl groups is 1. The molecule has 0 fully saturated rings. The van der Waals surface area contributed by atoms with E-state index in [-0.39, 0.29) is 29.0 Å². The van der Waals surface area contributed by atoms with Crippen molar-refractivity contribution < 1.29 is 14.6 Å². The number of ether oxygens (including phenoxy) is 1. The van der Waals surface area contributed by atoms with Crippen LogP contribution in [0.25, 0.3) is 10.9 Å². The predicted molar refractivity (Wildman–Crippen MR) is 153 cm³/mol. The molecule has 3 aromatic carbocycles. The normalized spacial score (nSPS) is 12.4. The van der Waals surface area contributed by atoms with Gasteiger partial charge >= 0.3 is 5.91 Å². The molecule has 0 atom stereocenters. The highest BCUT2D eigenvalue weighted by Gasteiger charge is 2.27. The Morgan fingerprint density at radius 1 is 0.947 bits per heavy atom. The van der Waals surface area contributed by atoms with E-state index >= 15 is 0 Å². The van der Waals surface area contributed by atoms with E-state index < -0.39 is 5.91 Å². The maximum atomic E-state index is 12.5. The number of rotatable bonds is 8. The van der Waals surface area contributed by atoms with Crippen LogP contribution >= 0.6 is 11.6 Å². The highest BCUT2D eigenvalue weighted by Crippen LogP contribution is 2.39. The summed E-state index contributed by atoms with van der Waals surface area (Å²) in [7, 11) is 0. The van der Waals surface area contributed by atoms with Gasteiger partial charge in [0.1, 0.15) is 5.75 Å². The number of hydrogen-bond donors (Lipinski definition) is 1. The van der Waals surface area contributed by atoms with E-state index in [0.717, 1.165) is 17.5 Å². The molecule has 4 aromatic rings. The molecule has 0 bridgehead atoms. The van der Waals surface area contributed by atoms with E-state index in [9.17, 15) is 9.90 Å². The summed E-state index contributed by atoms with van der Waals surface area (Å²) in [5.41, 5.74) is 3.45. The van der Waals surface area contributed by atoms with Crippen LogP contribution in [-0.2, 0) is 16.8 Å². The van der Waals surface area contributed by atoms with E-state index in [1.807, 2.05) is 60.7 Å². The Morgan fingerprint density at radius 3 is 2.26 bits per heavy atom. The van der Waals surface area contributed by atoms with Crippen molar-refractivity contribution in [3.8, 4) is 11.6 Å². The van der Waals surface area contributed by atoms with E-state index in [1.165, 1.54) is 5.56 Å². The molecule has 0 spiro atoms. The lowest BCUT2D eigenvalue weighted by molar-refractivity contribution is -0.120. The number of halogens is 1. The Balaban J connectivity index is 1.45. The summed E-state index contributed by atoms with van der Waals surface area (Å²) < 4.78 is 7.39. The molecule has 1 amide bonds. The molecule has 1 heterocycles. The molecule has 1 N–H and O–H groups in total. The molecular weight excluding hydrogens is 498 g/mol. The van der Waals surface area contributed by atoms with Gasteiger partial charge in [0.25, 0.3) is 0 Å². The Hall–Kier alpha value is -3.64. The van der Waals surface area contributed by atoms with Gasteiger partial charge in [-0.25, -0.2) is 0 Å². The van der Waals surface area contributed by atoms with Crippen LogP contribution in [-0.4, -0.2) is 22.2 Å². The lowest BCUT2D eigenvalue weighted by Crippen LogP contribution is -2.24. The maximum absolute atomic E-state index is 12.5. The number of benzene rings is 3. The van der Waals surface area contributed by atoms with Gasteiger partial charge in [0, 0.05) is 10.4 Å². The quantitative estimate of drug-likeness (QED) is 0.232. The fraction of sp³-hybridized carbons (Fsp3) is 0.323. The first-order valence-electron chi connectivity index (χ1n) is 12.7. The summed E-state index contributed by atoms with van der Waals surface area (Å²) >= 11 is 6.00. The summed E-state index contributed by atoms with van der Waals surface area (Å²) in [5, 5.41) is 20.2. The SMILES string of the molecule is CC(C)(C)CC(C)(C)c1ccc(OCC(=O)N=Nc2c(O)n(Cc3ccc(Cl)cc3)c3ccccc23)cc1. The van der Waals surface area contributed by atoms with Crippen molar-refractivity contribution >= 4 is 34.1 Å². The van der Waals surface area contributed by atoms with E-state index in [1.54, 1.807) is 16.7 Å². The Morgan fingerprint density at radius 2 is 1.61 bits per heavy atom. The zero-order valence-electron chi connectivity index (χ0n) is 22.5. The highest BCUT2D eigenvalue weighted by atomic mass is 35.5. The molecule has 6 nitrogen and oxygen atoms in total. The fourth-order valence-corrected chi connectivity index (χ4v) is 5.14. The molecule has 0 saturated carbocycles. The van der Waals surface area contributed by atoms with E-state index in [4.69, 9.17) is 16.3 Å². The van der Waals surface area contributed by atoms with Gasteiger partial charge in [-0.1, -0.05) is 88.7 Å². The van der Waals surface area contributed by atoms with Crippen LogP contribution in [0.5, 0.6) is 11.6 Å². The van der Waals surface area contributed by atoms with E-state index in [2.05, 4.69) is 44.8 Å². The summed E-state index contributed by atoms with van der Waals surface area (Å²) in [6.45, 7) is 11.4. The Kier molecular flexibility index (Phi) is 7.93. The fourth-order valence-electron chi connectivity index (χ4n) is 5.01. The average molecular weight is 532 g/mol. The molecule has 0 saturated heterocycles. The second-order valence-corrected chi connectivity index (χ2v) is 11.9. The van der Waals surface area contributed by atoms with Gasteiger partial charge in [-0.15, -0.1) is 10.2 Å². The third-order valence-electron chi connectivity index (χ3n) is 6.40. The molecule has 0 unspecified atom stereocenters. The van der Waals surface area contributed by atoms with Crippen LogP contribution in [0.1, 0.15) is 52.2 Å². The molecule has 4 rings (SSSR count). The number of hydrogen-bond acceptors (Lipinski definition) is 4. The van der Waals surface area contributed by atoms with Crippen LogP contribution in [0.2, 0.25) is 5.02 Å². The Bertz CT molecular complexity index is 1450. The first kappa shape index (κ1) is 27.4. The minimum atomic E-state index is -0.545. The molecule has 38 heavy (non-hydrogen) atoms. The van der Waals surface area contributed by atoms with Crippen molar-refractivity contribution in [1.29, 1.82) is 0 Å². The predicted octanol–water partition coefficient (Wildman–Crippen LogP) is 8.45. The summed E-state index contributed by atoms with van der Waals surface area (Å²) in [4.78, 5) is 12.5. The number of carbonyl (C=O) groups is 1. The zero-order valence-corrected chi connectivity index (χ0v) is 23.3. The summed E-state index contributed by atoms with van der Waals surface area (Å²) in [5.74, 6) is -0.0191. The molecule has 0 radical (unpaired) electrons. The third kappa shape index (κ3) is 6.62. The molecule has 198 valence electrons. The van der Waals surface area contributed by atoms with Crippen LogP contribution in [0.15, 0.2) is 83.0 Å². The Labute approximate surface area is 228 Å². The standard InChI is InChI=1S/C31H34ClN3O3/c1-30(2,3)20-31(4,5)22-12-16-24(17-13-22)38-19-27(36)33-34-28-25-8-6-7-9-26(25)35(29(28)37)18-21-10-14-23(32)15-11-21/h6-17,37H,18-20H2,1-5H3. The lowest BCUT2D eigenvalue weighted by Gasteiger charge is -2.33. The smallest absolute Gasteiger partial charge is 0.302 e. The van der Waals surface area contributed by atoms with Gasteiger partial charge in [0.05, 0.1) is 12.1 Å². The second kappa shape index (κ2) is 11.0. The number of aromatic nitrogens is 1. The van der Waals surface area contributed by atoms with Gasteiger partial charge in [-0.05, 0) is 58.7 Å². The van der Waals surface area contributed by atoms with Crippen LogP contribution in [0.3, 0.4) is 0 Å². The number of azo groups is 1. The molecule has 7 heteroatoms. The minimum absolute atomic E-state index is 0.0234. The largest absolute Gasteiger partial charge is 0.493 e. The van der Waals surface area contributed by atoms with Crippen molar-refractivity contribution in [2.45, 2.75) is 53.0 Å². The summed E-state index contributed by atoms with van der Waals surface area (Å²) in [6.07, 6.45) is 1.04. The molecule has 0 aliphatic rings. The van der Waals surface area contributed by atoms with Crippen molar-refractivity contribution in [2.24, 2.45) is 15.6 Å². The van der Waals surface area contributed by atoms with Gasteiger partial charge < -0.3 is 14.4 Å². The van der Waals surface area contributed by atoms with Crippen molar-refractivity contribution in [3.63, 3.8) is 0 Å². The monoisotopic (exact) mass is 531 g/mol. The number of fused-ring (bicyclic) bond motifs is 1. The number of amides is 1. The van der Waals surface area contributed by atoms with Gasteiger partial charge in [-0.2, -0.15) is 0 Å². The van der Waals surface area contributed by atoms with E-state index in [0.29, 0.717) is 22.7 Å². The van der Waals surface area contributed by atoms with Crippen molar-refractivity contribution in [2.75, 3.05) is 6.61 Å². The first-order chi connectivity index (χ1) is 17.9. The highest BCUT2D eigenvalue weighted by molar-refractivity contribution is 6.30. The van der Waals surface area contributed by atoms with Crippen LogP contribution < -0.4 is 4.74 Å². The molecule has 1 aromatic heterocycles. The number of para-hydroxylation sites is 1. The van der Waals surface area contributed by atoms with Gasteiger partial charge in [0.2, 0.25) is 5.88 Å². The third-order valence-corrected chi connectivity index (χ3v) is 6.66. The number of nitrogens with zero attached hydrogens (tertiary/aromatic N) is 3. The zero-order chi connectivity index (χ0) is 27.5. The maximum Gasteiger partial charge on any atom is 0.302 e. The molecule has 0 aliphatic carbocycles.